The van der Waals surface area contributed by atoms with E-state index in [-0.39, 0.29) is 0 Å². The van der Waals surface area contributed by atoms with Crippen molar-refractivity contribution in [2.45, 2.75) is 13.1 Å². The number of ether oxygens (including phenoxy) is 5. The van der Waals surface area contributed by atoms with E-state index in [1.807, 2.05) is 24.3 Å². The van der Waals surface area contributed by atoms with Crippen molar-refractivity contribution >= 4 is 11.9 Å². The molecule has 0 radical (unpaired) electrons. The van der Waals surface area contributed by atoms with Crippen molar-refractivity contribution in [2.24, 2.45) is 0 Å². The Labute approximate surface area is 210 Å². The quantitative estimate of drug-likeness (QED) is 0.486. The van der Waals surface area contributed by atoms with Gasteiger partial charge in [0, 0.05) is 56.5 Å². The third-order valence-electron chi connectivity index (χ3n) is 5.71. The Balaban J connectivity index is 0.000000678. The molecule has 0 amide bonds. The van der Waals surface area contributed by atoms with Gasteiger partial charge in [-0.15, -0.1) is 0 Å². The number of carbonyl (C=O) groups is 2. The van der Waals surface area contributed by atoms with Crippen molar-refractivity contribution in [3.8, 4) is 28.7 Å². The van der Waals surface area contributed by atoms with E-state index in [9.17, 15) is 0 Å². The molecule has 36 heavy (non-hydrogen) atoms. The summed E-state index contributed by atoms with van der Waals surface area (Å²) in [4.78, 5) is 23.1. The Hall–Kier alpha value is -3.70. The first-order valence-electron chi connectivity index (χ1n) is 11.2. The van der Waals surface area contributed by atoms with Crippen molar-refractivity contribution in [3.05, 3.63) is 41.5 Å². The number of hydrogen-bond acceptors (Lipinski definition) is 9. The normalized spacial score (nSPS) is 13.7. The fourth-order valence-electron chi connectivity index (χ4n) is 3.88. The molecule has 11 heteroatoms. The highest BCUT2D eigenvalue weighted by Gasteiger charge is 2.21. The predicted octanol–water partition coefficient (Wildman–Crippen LogP) is 2.20. The number of hydrogen-bond donors (Lipinski definition) is 2. The molecule has 1 aliphatic rings. The zero-order valence-electron chi connectivity index (χ0n) is 21.3. The van der Waals surface area contributed by atoms with E-state index < -0.39 is 11.9 Å². The van der Waals surface area contributed by atoms with Gasteiger partial charge >= 0.3 is 11.9 Å². The lowest BCUT2D eigenvalue weighted by Crippen LogP contribution is -2.45. The number of carboxylic acid groups (broad SMARTS) is 2. The van der Waals surface area contributed by atoms with Crippen LogP contribution >= 0.6 is 0 Å². The monoisotopic (exact) mass is 506 g/mol. The lowest BCUT2D eigenvalue weighted by atomic mass is 10.1. The smallest absolute Gasteiger partial charge is 0.414 e. The van der Waals surface area contributed by atoms with Crippen LogP contribution in [-0.4, -0.2) is 93.7 Å². The van der Waals surface area contributed by atoms with Crippen LogP contribution < -0.4 is 23.7 Å². The van der Waals surface area contributed by atoms with Crippen molar-refractivity contribution in [3.63, 3.8) is 0 Å². The summed E-state index contributed by atoms with van der Waals surface area (Å²) in [5.74, 6) is 0.153. The van der Waals surface area contributed by atoms with Gasteiger partial charge in [0.15, 0.2) is 23.0 Å². The van der Waals surface area contributed by atoms with Crippen LogP contribution in [0.4, 0.5) is 0 Å². The van der Waals surface area contributed by atoms with E-state index in [2.05, 4.69) is 15.9 Å². The molecule has 3 rings (SSSR count). The molecule has 2 aromatic carbocycles. The van der Waals surface area contributed by atoms with Crippen LogP contribution in [0.2, 0.25) is 0 Å². The number of nitrogens with zero attached hydrogens (tertiary/aromatic N) is 2. The first-order valence-corrected chi connectivity index (χ1v) is 11.2. The van der Waals surface area contributed by atoms with Crippen LogP contribution in [0.3, 0.4) is 0 Å². The van der Waals surface area contributed by atoms with Crippen LogP contribution in [0.25, 0.3) is 0 Å². The number of rotatable bonds is 9. The van der Waals surface area contributed by atoms with E-state index in [0.717, 1.165) is 73.4 Å². The highest BCUT2D eigenvalue weighted by Crippen LogP contribution is 2.35. The van der Waals surface area contributed by atoms with E-state index in [1.165, 1.54) is 0 Å². The third-order valence-corrected chi connectivity index (χ3v) is 5.71. The molecule has 1 aliphatic heterocycles. The van der Waals surface area contributed by atoms with Gasteiger partial charge in [-0.05, 0) is 12.1 Å². The molecule has 1 heterocycles. The van der Waals surface area contributed by atoms with Crippen molar-refractivity contribution in [1.82, 2.24) is 9.80 Å². The minimum Gasteiger partial charge on any atom is -0.496 e. The Bertz CT molecular complexity index is 1010. The van der Waals surface area contributed by atoms with Gasteiger partial charge in [0.25, 0.3) is 0 Å². The van der Waals surface area contributed by atoms with Crippen molar-refractivity contribution < 1.29 is 43.5 Å². The SMILES string of the molecule is COc1cc(OC)c(OC)cc1CN1CCN(Cc2cccc(OC)c2OC)CC1.O=C(O)C(=O)O. The standard InChI is InChI=1S/C23H32N2O5.C2H2O4/c1-26-19-8-6-7-17(23(19)30-5)15-24-9-11-25(12-10-24)16-18-13-21(28-3)22(29-4)14-20(18)27-2;3-1(4)2(5)6/h6-8,13-14H,9-12,15-16H2,1-5H3;(H,3,4)(H,5,6). The Kier molecular flexibility index (Phi) is 11.1. The summed E-state index contributed by atoms with van der Waals surface area (Å²) in [5, 5.41) is 14.8. The van der Waals surface area contributed by atoms with Gasteiger partial charge in [0.1, 0.15) is 5.75 Å². The second kappa shape index (κ2) is 14.0. The molecule has 0 aromatic heterocycles. The fourth-order valence-corrected chi connectivity index (χ4v) is 3.88. The molecule has 198 valence electrons. The average molecular weight is 507 g/mol. The second-order valence-electron chi connectivity index (χ2n) is 7.83. The molecule has 1 fully saturated rings. The Morgan fingerprint density at radius 1 is 0.667 bits per heavy atom. The number of benzene rings is 2. The topological polar surface area (TPSA) is 127 Å². The summed E-state index contributed by atoms with van der Waals surface area (Å²) in [6, 6.07) is 9.93. The summed E-state index contributed by atoms with van der Waals surface area (Å²) in [6.07, 6.45) is 0. The Morgan fingerprint density at radius 2 is 1.14 bits per heavy atom. The highest BCUT2D eigenvalue weighted by molar-refractivity contribution is 6.27. The van der Waals surface area contributed by atoms with Crippen LogP contribution in [-0.2, 0) is 22.7 Å². The minimum absolute atomic E-state index is 0.676. The maximum absolute atomic E-state index is 9.10. The molecule has 0 saturated carbocycles. The fraction of sp³-hybridized carbons (Fsp3) is 0.440. The minimum atomic E-state index is -1.82. The molecular weight excluding hydrogens is 472 g/mol. The number of carboxylic acids is 2. The van der Waals surface area contributed by atoms with Crippen molar-refractivity contribution in [2.75, 3.05) is 61.7 Å². The van der Waals surface area contributed by atoms with Crippen LogP contribution in [0.1, 0.15) is 11.1 Å². The number of aliphatic carboxylic acids is 2. The molecule has 0 atom stereocenters. The van der Waals surface area contributed by atoms with E-state index >= 15 is 0 Å². The maximum Gasteiger partial charge on any atom is 0.414 e. The molecule has 11 nitrogen and oxygen atoms in total. The molecule has 2 N–H and O–H groups in total. The predicted molar refractivity (Wildman–Crippen MR) is 131 cm³/mol. The molecule has 0 spiro atoms. The van der Waals surface area contributed by atoms with Gasteiger partial charge in [0.2, 0.25) is 0 Å². The molecular formula is C25H34N2O9. The summed E-state index contributed by atoms with van der Waals surface area (Å²) < 4.78 is 27.4. The number of methoxy groups -OCH3 is 5. The van der Waals surface area contributed by atoms with Crippen molar-refractivity contribution in [1.29, 1.82) is 0 Å². The number of para-hydroxylation sites is 1. The lowest BCUT2D eigenvalue weighted by molar-refractivity contribution is -0.159. The van der Waals surface area contributed by atoms with Gasteiger partial charge in [-0.1, -0.05) is 12.1 Å². The molecule has 0 unspecified atom stereocenters. The highest BCUT2D eigenvalue weighted by atomic mass is 16.5. The van der Waals surface area contributed by atoms with Gasteiger partial charge in [0.05, 0.1) is 35.5 Å². The van der Waals surface area contributed by atoms with Gasteiger partial charge in [-0.3, -0.25) is 9.80 Å². The number of piperazine rings is 1. The molecule has 2 aromatic rings. The summed E-state index contributed by atoms with van der Waals surface area (Å²) in [5.41, 5.74) is 2.24. The zero-order valence-corrected chi connectivity index (χ0v) is 21.3. The average Bonchev–Trinajstić information content (AvgIpc) is 2.89. The first-order chi connectivity index (χ1) is 17.3. The third kappa shape index (κ3) is 7.65. The summed E-state index contributed by atoms with van der Waals surface area (Å²) in [6.45, 7) is 5.56. The van der Waals surface area contributed by atoms with Gasteiger partial charge in [-0.2, -0.15) is 0 Å². The van der Waals surface area contributed by atoms with E-state index in [1.54, 1.807) is 35.5 Å². The van der Waals surface area contributed by atoms with E-state index in [0.29, 0.717) is 5.75 Å². The van der Waals surface area contributed by atoms with Crippen LogP contribution in [0.5, 0.6) is 28.7 Å². The second-order valence-corrected chi connectivity index (χ2v) is 7.83. The van der Waals surface area contributed by atoms with E-state index in [4.69, 9.17) is 43.5 Å². The largest absolute Gasteiger partial charge is 0.496 e. The lowest BCUT2D eigenvalue weighted by Gasteiger charge is -2.35. The van der Waals surface area contributed by atoms with Crippen LogP contribution in [0, 0.1) is 0 Å². The van der Waals surface area contributed by atoms with Crippen LogP contribution in [0.15, 0.2) is 30.3 Å². The van der Waals surface area contributed by atoms with Gasteiger partial charge < -0.3 is 33.9 Å². The summed E-state index contributed by atoms with van der Waals surface area (Å²) in [7, 11) is 8.33. The first kappa shape index (κ1) is 28.5. The molecule has 0 bridgehead atoms. The molecule has 1 saturated heterocycles. The Morgan fingerprint density at radius 3 is 1.58 bits per heavy atom. The zero-order chi connectivity index (χ0) is 26.7. The summed E-state index contributed by atoms with van der Waals surface area (Å²) >= 11 is 0. The van der Waals surface area contributed by atoms with Gasteiger partial charge in [-0.25, -0.2) is 9.59 Å². The maximum atomic E-state index is 9.10. The molecule has 0 aliphatic carbocycles.